The SMILES string of the molecule is NC(=S)c1ccc(Nc2ccc(Cl)cc2Br)c(F)c1. The van der Waals surface area contributed by atoms with Gasteiger partial charge in [-0.15, -0.1) is 0 Å². The molecule has 0 aliphatic carbocycles. The molecule has 2 aromatic rings. The highest BCUT2D eigenvalue weighted by Gasteiger charge is 2.07. The summed E-state index contributed by atoms with van der Waals surface area (Å²) in [6.45, 7) is 0. The van der Waals surface area contributed by atoms with Crippen LogP contribution in [0.3, 0.4) is 0 Å². The maximum Gasteiger partial charge on any atom is 0.147 e. The van der Waals surface area contributed by atoms with Crippen LogP contribution in [0.15, 0.2) is 40.9 Å². The van der Waals surface area contributed by atoms with Crippen molar-refractivity contribution in [2.24, 2.45) is 5.73 Å². The van der Waals surface area contributed by atoms with E-state index in [1.54, 1.807) is 30.3 Å². The summed E-state index contributed by atoms with van der Waals surface area (Å²) in [5.74, 6) is -0.424. The molecule has 0 saturated heterocycles. The summed E-state index contributed by atoms with van der Waals surface area (Å²) in [4.78, 5) is 0.165. The van der Waals surface area contributed by atoms with E-state index < -0.39 is 5.82 Å². The molecule has 0 fully saturated rings. The molecule has 0 radical (unpaired) electrons. The van der Waals surface area contributed by atoms with Gasteiger partial charge in [0.25, 0.3) is 0 Å². The van der Waals surface area contributed by atoms with Crippen LogP contribution in [0.1, 0.15) is 5.56 Å². The maximum atomic E-state index is 13.9. The lowest BCUT2D eigenvalue weighted by Gasteiger charge is -2.10. The predicted molar refractivity (Wildman–Crippen MR) is 84.7 cm³/mol. The second-order valence-electron chi connectivity index (χ2n) is 3.81. The molecule has 0 heterocycles. The second kappa shape index (κ2) is 5.86. The van der Waals surface area contributed by atoms with Crippen molar-refractivity contribution < 1.29 is 4.39 Å². The van der Waals surface area contributed by atoms with Crippen LogP contribution in [-0.2, 0) is 0 Å². The molecule has 0 amide bonds. The average Bonchev–Trinajstić information content (AvgIpc) is 2.34. The highest BCUT2D eigenvalue weighted by Crippen LogP contribution is 2.29. The van der Waals surface area contributed by atoms with Gasteiger partial charge in [0.05, 0.1) is 11.4 Å². The molecule has 3 N–H and O–H groups in total. The smallest absolute Gasteiger partial charge is 0.147 e. The molecule has 0 aliphatic rings. The number of hydrogen-bond donors (Lipinski definition) is 2. The Hall–Kier alpha value is -1.17. The van der Waals surface area contributed by atoms with Crippen molar-refractivity contribution in [3.8, 4) is 0 Å². The molecule has 0 spiro atoms. The second-order valence-corrected chi connectivity index (χ2v) is 5.54. The lowest BCUT2D eigenvalue weighted by molar-refractivity contribution is 0.631. The minimum absolute atomic E-state index is 0.165. The normalized spacial score (nSPS) is 10.3. The van der Waals surface area contributed by atoms with E-state index in [1.165, 1.54) is 6.07 Å². The molecule has 98 valence electrons. The van der Waals surface area contributed by atoms with Gasteiger partial charge in [-0.1, -0.05) is 23.8 Å². The Morgan fingerprint density at radius 1 is 1.21 bits per heavy atom. The van der Waals surface area contributed by atoms with E-state index in [-0.39, 0.29) is 4.99 Å². The first kappa shape index (κ1) is 14.2. The molecule has 0 bridgehead atoms. The Kier molecular flexibility index (Phi) is 4.39. The largest absolute Gasteiger partial charge is 0.389 e. The first-order valence-corrected chi connectivity index (χ1v) is 6.87. The zero-order valence-corrected chi connectivity index (χ0v) is 12.7. The van der Waals surface area contributed by atoms with Crippen molar-refractivity contribution in [3.63, 3.8) is 0 Å². The van der Waals surface area contributed by atoms with E-state index in [2.05, 4.69) is 21.2 Å². The van der Waals surface area contributed by atoms with Gasteiger partial charge < -0.3 is 11.1 Å². The topological polar surface area (TPSA) is 38.0 Å². The summed E-state index contributed by atoms with van der Waals surface area (Å²) in [5.41, 5.74) is 6.99. The monoisotopic (exact) mass is 358 g/mol. The Balaban J connectivity index is 2.31. The highest BCUT2D eigenvalue weighted by atomic mass is 79.9. The molecule has 19 heavy (non-hydrogen) atoms. The van der Waals surface area contributed by atoms with Crippen LogP contribution in [0.2, 0.25) is 5.02 Å². The number of nitrogens with two attached hydrogens (primary N) is 1. The molecule has 0 atom stereocenters. The van der Waals surface area contributed by atoms with E-state index >= 15 is 0 Å². The Morgan fingerprint density at radius 3 is 2.47 bits per heavy atom. The third-order valence-electron chi connectivity index (χ3n) is 2.45. The van der Waals surface area contributed by atoms with Gasteiger partial charge in [-0.25, -0.2) is 4.39 Å². The van der Waals surface area contributed by atoms with E-state index in [9.17, 15) is 4.39 Å². The van der Waals surface area contributed by atoms with Crippen molar-refractivity contribution in [3.05, 3.63) is 57.3 Å². The first-order chi connectivity index (χ1) is 8.97. The summed E-state index contributed by atoms with van der Waals surface area (Å²) < 4.78 is 14.6. The van der Waals surface area contributed by atoms with Crippen molar-refractivity contribution in [1.29, 1.82) is 0 Å². The number of halogens is 3. The predicted octanol–water partition coefficient (Wildman–Crippen LogP) is 4.62. The molecule has 6 heteroatoms. The van der Waals surface area contributed by atoms with E-state index in [0.717, 1.165) is 4.47 Å². The lowest BCUT2D eigenvalue weighted by Crippen LogP contribution is -2.09. The molecule has 0 unspecified atom stereocenters. The summed E-state index contributed by atoms with van der Waals surface area (Å²) in [7, 11) is 0. The van der Waals surface area contributed by atoms with Gasteiger partial charge in [0.15, 0.2) is 0 Å². The number of nitrogens with one attached hydrogen (secondary N) is 1. The first-order valence-electron chi connectivity index (χ1n) is 5.29. The minimum atomic E-state index is -0.424. The van der Waals surface area contributed by atoms with Crippen LogP contribution in [0.25, 0.3) is 0 Å². The van der Waals surface area contributed by atoms with Gasteiger partial charge in [-0.3, -0.25) is 0 Å². The minimum Gasteiger partial charge on any atom is -0.389 e. The van der Waals surface area contributed by atoms with Gasteiger partial charge in [0, 0.05) is 15.1 Å². The maximum absolute atomic E-state index is 13.9. The van der Waals surface area contributed by atoms with Gasteiger partial charge in [-0.05, 0) is 52.3 Å². The molecule has 0 aromatic heterocycles. The Morgan fingerprint density at radius 2 is 1.89 bits per heavy atom. The van der Waals surface area contributed by atoms with E-state index in [1.807, 2.05) is 0 Å². The van der Waals surface area contributed by atoms with Crippen LogP contribution in [-0.4, -0.2) is 4.99 Å². The molecule has 2 rings (SSSR count). The summed E-state index contributed by atoms with van der Waals surface area (Å²) in [5, 5.41) is 3.57. The fourth-order valence-corrected chi connectivity index (χ4v) is 2.41. The fourth-order valence-electron chi connectivity index (χ4n) is 1.51. The van der Waals surface area contributed by atoms with Crippen LogP contribution < -0.4 is 11.1 Å². The number of anilines is 2. The highest BCUT2D eigenvalue weighted by molar-refractivity contribution is 9.10. The summed E-state index contributed by atoms with van der Waals surface area (Å²) >= 11 is 14.0. The molecule has 0 aliphatic heterocycles. The van der Waals surface area contributed by atoms with Crippen LogP contribution in [0, 0.1) is 5.82 Å². The molecule has 2 aromatic carbocycles. The fraction of sp³-hybridized carbons (Fsp3) is 0. The van der Waals surface area contributed by atoms with Crippen molar-refractivity contribution >= 4 is 56.1 Å². The summed E-state index contributed by atoms with van der Waals surface area (Å²) in [6.07, 6.45) is 0. The standard InChI is InChI=1S/C13H9BrClFN2S/c14-9-6-8(15)2-4-11(9)18-12-3-1-7(13(17)19)5-10(12)16/h1-6,18H,(H2,17,19). The third-order valence-corrected chi connectivity index (χ3v) is 3.58. The van der Waals surface area contributed by atoms with Gasteiger partial charge >= 0.3 is 0 Å². The number of thiocarbonyl (C=S) groups is 1. The molecular weight excluding hydrogens is 351 g/mol. The van der Waals surface area contributed by atoms with Crippen LogP contribution >= 0.6 is 39.7 Å². The molecule has 0 saturated carbocycles. The molecular formula is C13H9BrClFN2S. The summed E-state index contributed by atoms with van der Waals surface area (Å²) in [6, 6.07) is 9.76. The molecule has 2 nitrogen and oxygen atoms in total. The van der Waals surface area contributed by atoms with Crippen LogP contribution in [0.4, 0.5) is 15.8 Å². The van der Waals surface area contributed by atoms with Gasteiger partial charge in [0.1, 0.15) is 10.8 Å². The van der Waals surface area contributed by atoms with Crippen molar-refractivity contribution in [2.45, 2.75) is 0 Å². The van der Waals surface area contributed by atoms with Crippen molar-refractivity contribution in [2.75, 3.05) is 5.32 Å². The van der Waals surface area contributed by atoms with E-state index in [4.69, 9.17) is 29.6 Å². The number of rotatable bonds is 3. The van der Waals surface area contributed by atoms with Crippen LogP contribution in [0.5, 0.6) is 0 Å². The Bertz CT molecular complexity index is 649. The van der Waals surface area contributed by atoms with Gasteiger partial charge in [-0.2, -0.15) is 0 Å². The number of benzene rings is 2. The van der Waals surface area contributed by atoms with Crippen molar-refractivity contribution in [1.82, 2.24) is 0 Å². The lowest BCUT2D eigenvalue weighted by atomic mass is 10.2. The zero-order valence-electron chi connectivity index (χ0n) is 9.58. The number of hydrogen-bond acceptors (Lipinski definition) is 2. The average molecular weight is 360 g/mol. The van der Waals surface area contributed by atoms with Gasteiger partial charge in [0.2, 0.25) is 0 Å². The third kappa shape index (κ3) is 3.43. The quantitative estimate of drug-likeness (QED) is 0.785. The van der Waals surface area contributed by atoms with E-state index in [0.29, 0.717) is 22.0 Å². The zero-order chi connectivity index (χ0) is 14.0. The Labute approximate surface area is 128 Å².